The SMILES string of the molecule is COc1ccc(Cn2cncc2C2CCNC2)cc1OC. The molecule has 0 aliphatic carbocycles. The van der Waals surface area contributed by atoms with Crippen LogP contribution >= 0.6 is 0 Å². The van der Waals surface area contributed by atoms with Crippen LogP contribution in [0.5, 0.6) is 11.5 Å². The fourth-order valence-electron chi connectivity index (χ4n) is 2.89. The van der Waals surface area contributed by atoms with E-state index < -0.39 is 0 Å². The monoisotopic (exact) mass is 287 g/mol. The van der Waals surface area contributed by atoms with E-state index in [0.717, 1.165) is 31.1 Å². The molecule has 0 radical (unpaired) electrons. The van der Waals surface area contributed by atoms with Crippen molar-refractivity contribution in [2.24, 2.45) is 0 Å². The second-order valence-electron chi connectivity index (χ2n) is 5.33. The van der Waals surface area contributed by atoms with Gasteiger partial charge in [-0.1, -0.05) is 6.07 Å². The highest BCUT2D eigenvalue weighted by molar-refractivity contribution is 5.43. The Balaban J connectivity index is 1.82. The zero-order valence-corrected chi connectivity index (χ0v) is 12.5. The Hall–Kier alpha value is -2.01. The first-order chi connectivity index (χ1) is 10.3. The van der Waals surface area contributed by atoms with Crippen LogP contribution in [0.4, 0.5) is 0 Å². The molecule has 1 saturated heterocycles. The van der Waals surface area contributed by atoms with Gasteiger partial charge in [-0.15, -0.1) is 0 Å². The van der Waals surface area contributed by atoms with Crippen LogP contribution in [-0.4, -0.2) is 36.9 Å². The predicted octanol–water partition coefficient (Wildman–Crippen LogP) is 2.03. The number of ether oxygens (including phenoxy) is 2. The Morgan fingerprint density at radius 3 is 2.86 bits per heavy atom. The first-order valence-electron chi connectivity index (χ1n) is 7.23. The van der Waals surface area contributed by atoms with Gasteiger partial charge in [0.2, 0.25) is 0 Å². The Morgan fingerprint density at radius 2 is 2.14 bits per heavy atom. The summed E-state index contributed by atoms with van der Waals surface area (Å²) in [7, 11) is 3.31. The topological polar surface area (TPSA) is 48.3 Å². The number of nitrogens with zero attached hydrogens (tertiary/aromatic N) is 2. The van der Waals surface area contributed by atoms with Crippen molar-refractivity contribution in [3.63, 3.8) is 0 Å². The van der Waals surface area contributed by atoms with Gasteiger partial charge in [0.25, 0.3) is 0 Å². The second-order valence-corrected chi connectivity index (χ2v) is 5.33. The van der Waals surface area contributed by atoms with E-state index in [4.69, 9.17) is 9.47 Å². The minimum atomic E-state index is 0.563. The summed E-state index contributed by atoms with van der Waals surface area (Å²) >= 11 is 0. The number of hydrogen-bond acceptors (Lipinski definition) is 4. The van der Waals surface area contributed by atoms with Crippen molar-refractivity contribution in [3.05, 3.63) is 42.0 Å². The molecule has 0 amide bonds. The van der Waals surface area contributed by atoms with Crippen LogP contribution in [0, 0.1) is 0 Å². The number of methoxy groups -OCH3 is 2. The van der Waals surface area contributed by atoms with Crippen LogP contribution in [0.1, 0.15) is 23.6 Å². The number of benzene rings is 1. The summed E-state index contributed by atoms with van der Waals surface area (Å²) in [4.78, 5) is 4.32. The Kier molecular flexibility index (Phi) is 4.10. The number of nitrogens with one attached hydrogen (secondary N) is 1. The van der Waals surface area contributed by atoms with Crippen molar-refractivity contribution in [1.29, 1.82) is 0 Å². The average Bonchev–Trinajstić information content (AvgIpc) is 3.17. The largest absolute Gasteiger partial charge is 0.493 e. The van der Waals surface area contributed by atoms with Crippen LogP contribution < -0.4 is 14.8 Å². The molecular formula is C16H21N3O2. The fraction of sp³-hybridized carbons (Fsp3) is 0.438. The third-order valence-corrected chi connectivity index (χ3v) is 4.02. The molecule has 5 nitrogen and oxygen atoms in total. The van der Waals surface area contributed by atoms with Crippen molar-refractivity contribution in [2.75, 3.05) is 27.3 Å². The highest BCUT2D eigenvalue weighted by Crippen LogP contribution is 2.29. The van der Waals surface area contributed by atoms with Gasteiger partial charge in [0, 0.05) is 30.9 Å². The van der Waals surface area contributed by atoms with Crippen LogP contribution in [0.3, 0.4) is 0 Å². The molecule has 2 aromatic rings. The minimum Gasteiger partial charge on any atom is -0.493 e. The van der Waals surface area contributed by atoms with Crippen LogP contribution in [0.2, 0.25) is 0 Å². The van der Waals surface area contributed by atoms with E-state index in [1.807, 2.05) is 24.7 Å². The van der Waals surface area contributed by atoms with Gasteiger partial charge in [-0.05, 0) is 30.7 Å². The number of hydrogen-bond donors (Lipinski definition) is 1. The van der Waals surface area contributed by atoms with Crippen molar-refractivity contribution >= 4 is 0 Å². The van der Waals surface area contributed by atoms with Crippen LogP contribution in [0.15, 0.2) is 30.7 Å². The van der Waals surface area contributed by atoms with Gasteiger partial charge in [0.1, 0.15) is 0 Å². The molecule has 1 atom stereocenters. The summed E-state index contributed by atoms with van der Waals surface area (Å²) in [6.07, 6.45) is 5.07. The summed E-state index contributed by atoms with van der Waals surface area (Å²) < 4.78 is 12.9. The van der Waals surface area contributed by atoms with Crippen LogP contribution in [-0.2, 0) is 6.54 Å². The van der Waals surface area contributed by atoms with Crippen molar-refractivity contribution in [3.8, 4) is 11.5 Å². The minimum absolute atomic E-state index is 0.563. The Morgan fingerprint density at radius 1 is 1.29 bits per heavy atom. The lowest BCUT2D eigenvalue weighted by molar-refractivity contribution is 0.354. The Labute approximate surface area is 124 Å². The smallest absolute Gasteiger partial charge is 0.161 e. The molecule has 0 bridgehead atoms. The lowest BCUT2D eigenvalue weighted by atomic mass is 10.1. The summed E-state index contributed by atoms with van der Waals surface area (Å²) in [6.45, 7) is 2.93. The maximum absolute atomic E-state index is 5.37. The maximum Gasteiger partial charge on any atom is 0.161 e. The maximum atomic E-state index is 5.37. The molecule has 21 heavy (non-hydrogen) atoms. The molecule has 1 aromatic carbocycles. The number of rotatable bonds is 5. The standard InChI is InChI=1S/C16H21N3O2/c1-20-15-4-3-12(7-16(15)21-2)10-19-11-18-9-14(19)13-5-6-17-8-13/h3-4,7,9,11,13,17H,5-6,8,10H2,1-2H3. The molecule has 112 valence electrons. The first-order valence-corrected chi connectivity index (χ1v) is 7.23. The zero-order chi connectivity index (χ0) is 14.7. The van der Waals surface area contributed by atoms with Gasteiger partial charge < -0.3 is 19.4 Å². The second kappa shape index (κ2) is 6.18. The van der Waals surface area contributed by atoms with E-state index in [9.17, 15) is 0 Å². The zero-order valence-electron chi connectivity index (χ0n) is 12.5. The van der Waals surface area contributed by atoms with Gasteiger partial charge in [-0.3, -0.25) is 0 Å². The highest BCUT2D eigenvalue weighted by atomic mass is 16.5. The third-order valence-electron chi connectivity index (χ3n) is 4.02. The molecule has 5 heteroatoms. The molecule has 1 aliphatic rings. The molecule has 3 rings (SSSR count). The molecule has 0 spiro atoms. The summed E-state index contributed by atoms with van der Waals surface area (Å²) in [5.41, 5.74) is 2.48. The molecular weight excluding hydrogens is 266 g/mol. The molecule has 2 heterocycles. The normalized spacial score (nSPS) is 17.9. The number of aromatic nitrogens is 2. The summed E-state index contributed by atoms with van der Waals surface area (Å²) in [5, 5.41) is 3.41. The Bertz CT molecular complexity index is 603. The fourth-order valence-corrected chi connectivity index (χ4v) is 2.89. The predicted molar refractivity (Wildman–Crippen MR) is 81.1 cm³/mol. The lowest BCUT2D eigenvalue weighted by Crippen LogP contribution is -2.12. The van der Waals surface area contributed by atoms with E-state index >= 15 is 0 Å². The molecule has 1 N–H and O–H groups in total. The van der Waals surface area contributed by atoms with Crippen LogP contribution in [0.25, 0.3) is 0 Å². The highest BCUT2D eigenvalue weighted by Gasteiger charge is 2.20. The average molecular weight is 287 g/mol. The summed E-state index contributed by atoms with van der Waals surface area (Å²) in [6, 6.07) is 6.04. The quantitative estimate of drug-likeness (QED) is 0.914. The van der Waals surface area contributed by atoms with E-state index in [1.165, 1.54) is 17.7 Å². The van der Waals surface area contributed by atoms with E-state index in [2.05, 4.69) is 20.9 Å². The van der Waals surface area contributed by atoms with Gasteiger partial charge in [-0.25, -0.2) is 4.98 Å². The molecule has 0 saturated carbocycles. The third kappa shape index (κ3) is 2.88. The van der Waals surface area contributed by atoms with Gasteiger partial charge in [0.15, 0.2) is 11.5 Å². The number of imidazole rings is 1. The van der Waals surface area contributed by atoms with Gasteiger partial charge >= 0.3 is 0 Å². The van der Waals surface area contributed by atoms with E-state index in [-0.39, 0.29) is 0 Å². The van der Waals surface area contributed by atoms with Crippen molar-refractivity contribution < 1.29 is 9.47 Å². The molecule has 1 aliphatic heterocycles. The van der Waals surface area contributed by atoms with Gasteiger partial charge in [-0.2, -0.15) is 0 Å². The first kappa shape index (κ1) is 13.9. The van der Waals surface area contributed by atoms with Crippen molar-refractivity contribution in [2.45, 2.75) is 18.9 Å². The summed E-state index contributed by atoms with van der Waals surface area (Å²) in [5.74, 6) is 2.08. The molecule has 1 unspecified atom stereocenters. The van der Waals surface area contributed by atoms with Gasteiger partial charge in [0.05, 0.1) is 20.5 Å². The molecule has 1 fully saturated rings. The molecule has 1 aromatic heterocycles. The lowest BCUT2D eigenvalue weighted by Gasteiger charge is -2.14. The van der Waals surface area contributed by atoms with E-state index in [0.29, 0.717) is 5.92 Å². The van der Waals surface area contributed by atoms with Crippen molar-refractivity contribution in [1.82, 2.24) is 14.9 Å². The van der Waals surface area contributed by atoms with E-state index in [1.54, 1.807) is 14.2 Å².